The molecule has 0 amide bonds. The lowest BCUT2D eigenvalue weighted by atomic mass is 9.78. The Morgan fingerprint density at radius 2 is 1.46 bits per heavy atom. The van der Waals surface area contributed by atoms with E-state index in [4.69, 9.17) is 4.74 Å². The Bertz CT molecular complexity index is 1570. The van der Waals surface area contributed by atoms with Crippen LogP contribution in [-0.2, 0) is 9.53 Å². The SMILES string of the molecule is CCOC(=O)[C@@H]1C[C@@H](c2c[nH]c3c(C)cccc23)C[C@@H](c2c[nH]c3c(C)cccc23)N1c1ccccc1. The minimum absolute atomic E-state index is 0.000801. The summed E-state index contributed by atoms with van der Waals surface area (Å²) in [6.07, 6.45) is 5.89. The fourth-order valence-corrected chi connectivity index (χ4v) is 6.29. The normalized spacial score (nSPS) is 20.0. The summed E-state index contributed by atoms with van der Waals surface area (Å²) in [5.74, 6) is 0.0396. The zero-order valence-corrected chi connectivity index (χ0v) is 21.6. The van der Waals surface area contributed by atoms with Crippen molar-refractivity contribution in [2.75, 3.05) is 11.5 Å². The Labute approximate surface area is 217 Å². The van der Waals surface area contributed by atoms with Crippen LogP contribution in [0.15, 0.2) is 79.1 Å². The van der Waals surface area contributed by atoms with Crippen LogP contribution in [0.3, 0.4) is 0 Å². The maximum atomic E-state index is 13.6. The summed E-state index contributed by atoms with van der Waals surface area (Å²) >= 11 is 0. The summed E-state index contributed by atoms with van der Waals surface area (Å²) in [5, 5.41) is 2.46. The van der Waals surface area contributed by atoms with Crippen molar-refractivity contribution in [3.05, 3.63) is 101 Å². The Balaban J connectivity index is 1.53. The van der Waals surface area contributed by atoms with Crippen LogP contribution in [0.2, 0.25) is 0 Å². The molecule has 3 heterocycles. The number of hydrogen-bond acceptors (Lipinski definition) is 3. The van der Waals surface area contributed by atoms with Gasteiger partial charge < -0.3 is 19.6 Å². The molecule has 0 saturated carbocycles. The molecule has 37 heavy (non-hydrogen) atoms. The highest BCUT2D eigenvalue weighted by atomic mass is 16.5. The molecule has 5 nitrogen and oxygen atoms in total. The van der Waals surface area contributed by atoms with E-state index in [1.54, 1.807) is 0 Å². The number of carbonyl (C=O) groups excluding carboxylic acids is 1. The number of nitrogens with one attached hydrogen (secondary N) is 2. The van der Waals surface area contributed by atoms with Gasteiger partial charge in [0.2, 0.25) is 0 Å². The smallest absolute Gasteiger partial charge is 0.328 e. The van der Waals surface area contributed by atoms with Crippen molar-refractivity contribution in [1.82, 2.24) is 9.97 Å². The maximum Gasteiger partial charge on any atom is 0.328 e. The second kappa shape index (κ2) is 9.47. The fraction of sp³-hybridized carbons (Fsp3) is 0.281. The first-order chi connectivity index (χ1) is 18.1. The standard InChI is InChI=1S/C32H33N3O2/c1-4-37-32(36)29-17-22(26-18-33-30-20(2)10-8-14-24(26)30)16-28(35(29)23-12-6-5-7-13-23)27-19-34-31-21(3)11-9-15-25(27)31/h5-15,18-19,22,28-29,33-34H,4,16-17H2,1-3H3/t22-,28-,29-/m0/s1. The largest absolute Gasteiger partial charge is 0.464 e. The highest BCUT2D eigenvalue weighted by Crippen LogP contribution is 2.48. The number of fused-ring (bicyclic) bond motifs is 2. The van der Waals surface area contributed by atoms with E-state index < -0.39 is 6.04 Å². The predicted molar refractivity (Wildman–Crippen MR) is 150 cm³/mol. The first-order valence-corrected chi connectivity index (χ1v) is 13.2. The van der Waals surface area contributed by atoms with Crippen molar-refractivity contribution >= 4 is 33.5 Å². The number of ether oxygens (including phenoxy) is 1. The lowest BCUT2D eigenvalue weighted by molar-refractivity contribution is -0.145. The summed E-state index contributed by atoms with van der Waals surface area (Å²) < 4.78 is 5.68. The van der Waals surface area contributed by atoms with Gasteiger partial charge in [0.15, 0.2) is 0 Å². The molecule has 1 saturated heterocycles. The van der Waals surface area contributed by atoms with Crippen molar-refractivity contribution < 1.29 is 9.53 Å². The molecule has 1 fully saturated rings. The van der Waals surface area contributed by atoms with Gasteiger partial charge in [-0.15, -0.1) is 0 Å². The van der Waals surface area contributed by atoms with Gasteiger partial charge in [-0.3, -0.25) is 0 Å². The summed E-state index contributed by atoms with van der Waals surface area (Å²) in [4.78, 5) is 22.9. The van der Waals surface area contributed by atoms with Crippen LogP contribution in [0.4, 0.5) is 5.69 Å². The van der Waals surface area contributed by atoms with Gasteiger partial charge in [-0.1, -0.05) is 54.6 Å². The number of piperidine rings is 1. The van der Waals surface area contributed by atoms with Crippen LogP contribution >= 0.6 is 0 Å². The second-order valence-electron chi connectivity index (χ2n) is 10.2. The molecular weight excluding hydrogens is 458 g/mol. The number of esters is 1. The summed E-state index contributed by atoms with van der Waals surface area (Å²) in [6, 6.07) is 22.8. The predicted octanol–water partition coefficient (Wildman–Crippen LogP) is 7.32. The van der Waals surface area contributed by atoms with Gasteiger partial charge in [-0.2, -0.15) is 0 Å². The number of aromatic nitrogens is 2. The van der Waals surface area contributed by atoms with Crippen molar-refractivity contribution in [3.8, 4) is 0 Å². The average Bonchev–Trinajstić information content (AvgIpc) is 3.55. The molecule has 188 valence electrons. The molecule has 5 heteroatoms. The molecule has 0 spiro atoms. The minimum Gasteiger partial charge on any atom is -0.464 e. The van der Waals surface area contributed by atoms with Crippen molar-refractivity contribution in [1.29, 1.82) is 0 Å². The van der Waals surface area contributed by atoms with Gasteiger partial charge in [0.25, 0.3) is 0 Å². The number of nitrogens with zero attached hydrogens (tertiary/aromatic N) is 1. The minimum atomic E-state index is -0.393. The first-order valence-electron chi connectivity index (χ1n) is 13.2. The summed E-state index contributed by atoms with van der Waals surface area (Å²) in [7, 11) is 0. The monoisotopic (exact) mass is 491 g/mol. The molecule has 0 bridgehead atoms. The van der Waals surface area contributed by atoms with E-state index >= 15 is 0 Å². The molecule has 1 aliphatic heterocycles. The number of aromatic amines is 2. The van der Waals surface area contributed by atoms with Gasteiger partial charge in [-0.25, -0.2) is 4.79 Å². The van der Waals surface area contributed by atoms with E-state index in [2.05, 4.69) is 89.6 Å². The third-order valence-electron chi connectivity index (χ3n) is 8.01. The summed E-state index contributed by atoms with van der Waals surface area (Å²) in [5.41, 5.74) is 8.32. The topological polar surface area (TPSA) is 61.1 Å². The first kappa shape index (κ1) is 23.4. The quantitative estimate of drug-likeness (QED) is 0.253. The maximum absolute atomic E-state index is 13.6. The third-order valence-corrected chi connectivity index (χ3v) is 8.01. The molecule has 2 aromatic heterocycles. The molecule has 1 aliphatic rings. The number of para-hydroxylation sites is 3. The molecule has 2 N–H and O–H groups in total. The molecule has 6 rings (SSSR count). The number of benzene rings is 3. The Hall–Kier alpha value is -3.99. The van der Waals surface area contributed by atoms with Crippen LogP contribution in [0, 0.1) is 13.8 Å². The van der Waals surface area contributed by atoms with E-state index in [0.717, 1.165) is 17.6 Å². The number of H-pyrrole nitrogens is 2. The van der Waals surface area contributed by atoms with Crippen LogP contribution < -0.4 is 4.90 Å². The molecule has 3 aromatic carbocycles. The van der Waals surface area contributed by atoms with Crippen LogP contribution in [0.25, 0.3) is 21.8 Å². The van der Waals surface area contributed by atoms with E-state index in [1.807, 2.05) is 25.1 Å². The number of rotatable bonds is 5. The van der Waals surface area contributed by atoms with Crippen molar-refractivity contribution in [2.24, 2.45) is 0 Å². The van der Waals surface area contributed by atoms with Gasteiger partial charge in [-0.05, 0) is 73.9 Å². The molecular formula is C32H33N3O2. The molecule has 5 aromatic rings. The van der Waals surface area contributed by atoms with Crippen molar-refractivity contribution in [2.45, 2.75) is 51.6 Å². The molecule has 0 unspecified atom stereocenters. The van der Waals surface area contributed by atoms with Crippen LogP contribution in [0.1, 0.15) is 54.0 Å². The number of carbonyl (C=O) groups is 1. The highest BCUT2D eigenvalue weighted by molar-refractivity contribution is 5.89. The number of aryl methyl sites for hydroxylation is 2. The second-order valence-corrected chi connectivity index (χ2v) is 10.2. The number of hydrogen-bond donors (Lipinski definition) is 2. The van der Waals surface area contributed by atoms with Crippen molar-refractivity contribution in [3.63, 3.8) is 0 Å². The van der Waals surface area contributed by atoms with Gasteiger partial charge in [0, 0.05) is 39.9 Å². The van der Waals surface area contributed by atoms with Gasteiger partial charge in [0.05, 0.1) is 12.6 Å². The van der Waals surface area contributed by atoms with E-state index in [-0.39, 0.29) is 17.9 Å². The Morgan fingerprint density at radius 3 is 2.11 bits per heavy atom. The Kier molecular flexibility index (Phi) is 5.99. The van der Waals surface area contributed by atoms with E-state index in [9.17, 15) is 4.79 Å². The lowest BCUT2D eigenvalue weighted by Crippen LogP contribution is -2.49. The zero-order chi connectivity index (χ0) is 25.5. The Morgan fingerprint density at radius 1 is 0.838 bits per heavy atom. The van der Waals surface area contributed by atoms with Crippen LogP contribution in [0.5, 0.6) is 0 Å². The van der Waals surface area contributed by atoms with Crippen LogP contribution in [-0.4, -0.2) is 28.6 Å². The molecule has 0 radical (unpaired) electrons. The van der Waals surface area contributed by atoms with Gasteiger partial charge in [0.1, 0.15) is 6.04 Å². The molecule has 3 atom stereocenters. The lowest BCUT2D eigenvalue weighted by Gasteiger charge is -2.45. The highest BCUT2D eigenvalue weighted by Gasteiger charge is 2.42. The third kappa shape index (κ3) is 3.99. The fourth-order valence-electron chi connectivity index (χ4n) is 6.29. The number of anilines is 1. The average molecular weight is 492 g/mol. The summed E-state index contributed by atoms with van der Waals surface area (Å²) in [6.45, 7) is 6.52. The molecule has 0 aliphatic carbocycles. The van der Waals surface area contributed by atoms with Gasteiger partial charge >= 0.3 is 5.97 Å². The van der Waals surface area contributed by atoms with E-state index in [0.29, 0.717) is 13.0 Å². The van der Waals surface area contributed by atoms with E-state index in [1.165, 1.54) is 38.5 Å². The zero-order valence-electron chi connectivity index (χ0n) is 21.6.